The topological polar surface area (TPSA) is 744 Å². The molecule has 0 heterocycles. The van der Waals surface area contributed by atoms with Gasteiger partial charge in [0.15, 0.2) is 11.9 Å². The second kappa shape index (κ2) is 56.3. The molecule has 1 aromatic rings. The van der Waals surface area contributed by atoms with Gasteiger partial charge in [0.2, 0.25) is 94.5 Å². The first-order valence-electron chi connectivity index (χ1n) is 39.4. The summed E-state index contributed by atoms with van der Waals surface area (Å²) in [6, 6.07) is -12.5. The first-order valence-corrected chi connectivity index (χ1v) is 40.7. The highest BCUT2D eigenvalue weighted by Crippen LogP contribution is 2.16. The summed E-state index contributed by atoms with van der Waals surface area (Å²) in [6.45, 7) is 13.7. The van der Waals surface area contributed by atoms with Gasteiger partial charge in [0.1, 0.15) is 78.5 Å². The highest BCUT2D eigenvalue weighted by atomic mass is 32.1. The fourth-order valence-electron chi connectivity index (χ4n) is 11.5. The number of carboxylic acid groups (broad SMARTS) is 2. The lowest BCUT2D eigenvalue weighted by Gasteiger charge is -2.30. The van der Waals surface area contributed by atoms with E-state index in [1.54, 1.807) is 71.9 Å². The number of unbranched alkanes of at least 4 members (excludes halogenated alkanes) is 1. The number of hydrogen-bond donors (Lipinski definition) is 28. The van der Waals surface area contributed by atoms with Gasteiger partial charge in [0.25, 0.3) is 0 Å². The standard InChI is InChI=1S/C74H126N24O20S2/c1-10-39(8)58(71(116)95-51(35-120)68(113)97-57(38(6)7)70(115)94-50(34-119)67(112)86-40(9)59(104)91-48(32-53(78)100)61(106)85-33-54(101)87-43(22-17-29-84-74(81)82)62(107)93-49(72(117)118)30-36(2)3)98-65(110)46(24-26-55(102)103)90-66(111)47(31-41-18-12-11-13-19-41)92-69(114)56(37(4)5)96-64(109)44(21-14-15-27-75)89-63(108)45(23-25-52(77)99)88-60(105)42(76)20-16-28-83-73(79)80/h11-13,18-19,36-40,42-51,56-58,119-120H,10,14-17,20-35,75-76H2,1-9H3,(H2,77,99)(H2,78,100)(H,85,106)(H,86,112)(H,87,101)(H,88,105)(H,89,108)(H,90,111)(H,91,104)(H,92,114)(H,93,107)(H,94,115)(H,95,116)(H,96,109)(H,97,113)(H,98,110)(H,102,103)(H,117,118)(H4,79,80,83)(H4,81,82,84)/t39-,40-,42-,43-,44-,45-,46-,47-,48-,49-,50-,51-,56-,57-,58-/m0/s1. The molecule has 0 bridgehead atoms. The third-order valence-electron chi connectivity index (χ3n) is 18.5. The first-order chi connectivity index (χ1) is 56.3. The number of amides is 16. The monoisotopic (exact) mass is 1730 g/mol. The molecule has 0 aliphatic heterocycles. The number of hydrogen-bond acceptors (Lipinski definition) is 24. The minimum absolute atomic E-state index is 0.0419. The van der Waals surface area contributed by atoms with E-state index in [2.05, 4.69) is 110 Å². The van der Waals surface area contributed by atoms with Gasteiger partial charge in [-0.2, -0.15) is 25.3 Å². The van der Waals surface area contributed by atoms with Crippen molar-refractivity contribution in [1.29, 1.82) is 10.8 Å². The summed E-state index contributed by atoms with van der Waals surface area (Å²) in [5.74, 6) is -22.1. The van der Waals surface area contributed by atoms with Gasteiger partial charge < -0.3 is 130 Å². The lowest BCUT2D eigenvalue weighted by Crippen LogP contribution is -2.62. The van der Waals surface area contributed by atoms with E-state index in [9.17, 15) is 96.5 Å². The lowest BCUT2D eigenvalue weighted by molar-refractivity contribution is -0.143. The highest BCUT2D eigenvalue weighted by molar-refractivity contribution is 7.80. The Morgan fingerprint density at radius 1 is 0.417 bits per heavy atom. The van der Waals surface area contributed by atoms with Crippen LogP contribution in [0.5, 0.6) is 0 Å². The van der Waals surface area contributed by atoms with Crippen molar-refractivity contribution < 1.29 is 96.5 Å². The number of primary amides is 2. The maximum atomic E-state index is 14.7. The fourth-order valence-corrected chi connectivity index (χ4v) is 12.0. The number of carboxylic acids is 2. The van der Waals surface area contributed by atoms with Crippen LogP contribution < -0.4 is 119 Å². The van der Waals surface area contributed by atoms with E-state index in [0.29, 0.717) is 18.4 Å². The average molecular weight is 1740 g/mol. The minimum Gasteiger partial charge on any atom is -0.481 e. The van der Waals surface area contributed by atoms with Crippen LogP contribution in [0.3, 0.4) is 0 Å². The van der Waals surface area contributed by atoms with Gasteiger partial charge in [0, 0.05) is 43.9 Å². The lowest BCUT2D eigenvalue weighted by atomic mass is 9.97. The molecule has 0 radical (unpaired) electrons. The van der Waals surface area contributed by atoms with E-state index >= 15 is 0 Å². The number of thiol groups is 2. The number of carbonyl (C=O) groups is 18. The molecule has 0 spiro atoms. The minimum atomic E-state index is -1.75. The molecule has 0 saturated carbocycles. The van der Waals surface area contributed by atoms with Crippen LogP contribution in [0.15, 0.2) is 30.3 Å². The Morgan fingerprint density at radius 3 is 1.28 bits per heavy atom. The molecular formula is C74H126N24O20S2. The molecule has 0 aliphatic rings. The predicted octanol–water partition coefficient (Wildman–Crippen LogP) is -7.00. The number of carbonyl (C=O) groups excluding carboxylic acids is 16. The summed E-state index contributed by atoms with van der Waals surface area (Å²) in [5, 5.41) is 74.0. The van der Waals surface area contributed by atoms with E-state index in [-0.39, 0.29) is 102 Å². The van der Waals surface area contributed by atoms with E-state index in [1.807, 2.05) is 0 Å². The average Bonchev–Trinajstić information content (AvgIpc) is 0.833. The number of benzene rings is 1. The van der Waals surface area contributed by atoms with Crippen LogP contribution in [-0.4, -0.2) is 251 Å². The number of nitrogens with two attached hydrogens (primary N) is 6. The third-order valence-corrected chi connectivity index (χ3v) is 19.3. The van der Waals surface area contributed by atoms with Gasteiger partial charge >= 0.3 is 11.9 Å². The molecule has 46 heteroatoms. The van der Waals surface area contributed by atoms with Crippen LogP contribution >= 0.6 is 25.3 Å². The Hall–Kier alpha value is -11.2. The van der Waals surface area contributed by atoms with E-state index in [1.165, 1.54) is 20.8 Å². The van der Waals surface area contributed by atoms with Crippen LogP contribution in [0.2, 0.25) is 0 Å². The van der Waals surface area contributed by atoms with Gasteiger partial charge in [0.05, 0.1) is 19.0 Å². The van der Waals surface area contributed by atoms with Gasteiger partial charge in [-0.25, -0.2) is 4.79 Å². The number of guanidine groups is 2. The maximum absolute atomic E-state index is 14.7. The number of rotatable bonds is 59. The Bertz CT molecular complexity index is 3660. The van der Waals surface area contributed by atoms with Gasteiger partial charge in [-0.15, -0.1) is 0 Å². The smallest absolute Gasteiger partial charge is 0.326 e. The van der Waals surface area contributed by atoms with Crippen LogP contribution in [0.4, 0.5) is 0 Å². The quantitative estimate of drug-likeness (QED) is 0.0125. The molecule has 0 saturated heterocycles. The zero-order valence-electron chi connectivity index (χ0n) is 69.2. The van der Waals surface area contributed by atoms with Gasteiger partial charge in [-0.05, 0) is 107 Å². The summed E-state index contributed by atoms with van der Waals surface area (Å²) in [5.41, 5.74) is 33.8. The molecule has 15 atom stereocenters. The summed E-state index contributed by atoms with van der Waals surface area (Å²) < 4.78 is 0. The van der Waals surface area contributed by atoms with Crippen LogP contribution in [0.1, 0.15) is 158 Å². The molecule has 32 N–H and O–H groups in total. The van der Waals surface area contributed by atoms with Gasteiger partial charge in [-0.3, -0.25) is 92.3 Å². The van der Waals surface area contributed by atoms with Crippen LogP contribution in [0, 0.1) is 34.5 Å². The van der Waals surface area contributed by atoms with Crippen molar-refractivity contribution in [2.45, 2.75) is 243 Å². The summed E-state index contributed by atoms with van der Waals surface area (Å²) in [6.07, 6.45) is -1.72. The SMILES string of the molecule is CC[C@H](C)[C@H](NC(=O)[C@H](CCC(=O)O)NC(=O)[C@H](Cc1ccccc1)NC(=O)[C@@H](NC(=O)[C@H](CCCCN)NC(=O)[C@H](CCC(N)=O)NC(=O)[C@@H](N)CCCNC(=N)N)C(C)C)C(=O)N[C@@H](CS)C(=O)N[C@H](C(=O)N[C@@H](CS)C(=O)N[C@@H](C)C(=O)N[C@@H](CC(N)=O)C(=O)NCC(=O)N[C@@H](CCCNC(=N)N)C(=O)N[C@@H](CC(C)C)C(=O)O)C(C)C. The Balaban J connectivity index is 3.47. The van der Waals surface area contributed by atoms with E-state index < -0.39 is 246 Å². The largest absolute Gasteiger partial charge is 0.481 e. The highest BCUT2D eigenvalue weighted by Gasteiger charge is 2.39. The molecule has 0 fully saturated rings. The van der Waals surface area contributed by atoms with Gasteiger partial charge in [-0.1, -0.05) is 92.1 Å². The molecule has 1 aromatic carbocycles. The van der Waals surface area contributed by atoms with Crippen molar-refractivity contribution in [3.63, 3.8) is 0 Å². The molecule has 44 nitrogen and oxygen atoms in total. The molecule has 120 heavy (non-hydrogen) atoms. The Labute approximate surface area is 707 Å². The summed E-state index contributed by atoms with van der Waals surface area (Å²) in [4.78, 5) is 243. The third kappa shape index (κ3) is 42.0. The van der Waals surface area contributed by atoms with Crippen molar-refractivity contribution in [3.8, 4) is 0 Å². The van der Waals surface area contributed by atoms with Crippen molar-refractivity contribution in [3.05, 3.63) is 35.9 Å². The van der Waals surface area contributed by atoms with Crippen molar-refractivity contribution in [2.75, 3.05) is 37.7 Å². The van der Waals surface area contributed by atoms with Crippen LogP contribution in [-0.2, 0) is 92.7 Å². The molecule has 16 amide bonds. The fraction of sp³-hybridized carbons (Fsp3) is 0.649. The molecule has 0 aromatic heterocycles. The zero-order chi connectivity index (χ0) is 91.2. The zero-order valence-corrected chi connectivity index (χ0v) is 71.0. The predicted molar refractivity (Wildman–Crippen MR) is 446 cm³/mol. The Morgan fingerprint density at radius 2 is 0.825 bits per heavy atom. The van der Waals surface area contributed by atoms with Crippen molar-refractivity contribution in [2.24, 2.45) is 58.1 Å². The molecular weight excluding hydrogens is 1610 g/mol. The normalized spacial score (nSPS) is 14.8. The van der Waals surface area contributed by atoms with Crippen molar-refractivity contribution in [1.82, 2.24) is 85.1 Å². The summed E-state index contributed by atoms with van der Waals surface area (Å²) >= 11 is 8.49. The van der Waals surface area contributed by atoms with E-state index in [4.69, 9.17) is 45.2 Å². The maximum Gasteiger partial charge on any atom is 0.326 e. The molecule has 0 unspecified atom stereocenters. The second-order valence-corrected chi connectivity index (χ2v) is 30.6. The molecule has 674 valence electrons. The first kappa shape index (κ1) is 107. The van der Waals surface area contributed by atoms with Crippen LogP contribution in [0.25, 0.3) is 0 Å². The van der Waals surface area contributed by atoms with E-state index in [0.717, 1.165) is 0 Å². The molecule has 0 aliphatic carbocycles. The second-order valence-electron chi connectivity index (χ2n) is 29.9. The number of nitrogens with one attached hydrogen (secondary N) is 18. The Kier molecular flexibility index (Phi) is 50.1. The van der Waals surface area contributed by atoms with Crippen molar-refractivity contribution >= 4 is 144 Å². The molecule has 1 rings (SSSR count). The summed E-state index contributed by atoms with van der Waals surface area (Å²) in [7, 11) is 0. The number of aliphatic carboxylic acids is 2.